The fraction of sp³-hybridized carbons (Fsp3) is 0.722. The average molecular weight is 1070 g/mol. The minimum Gasteiger partial charge on any atom is -0.462 e. The van der Waals surface area contributed by atoms with E-state index in [-0.39, 0.29) is 31.6 Å². The van der Waals surface area contributed by atoms with Gasteiger partial charge < -0.3 is 14.6 Å². The van der Waals surface area contributed by atoms with Gasteiger partial charge in [-0.1, -0.05) is 335 Å². The smallest absolute Gasteiger partial charge is 0.306 e. The molecule has 1 N–H and O–H groups in total. The number of hydrogen-bond donors (Lipinski definition) is 1. The Balaban J connectivity index is 3.53. The first-order valence-corrected chi connectivity index (χ1v) is 32.9. The zero-order valence-corrected chi connectivity index (χ0v) is 50.7. The van der Waals surface area contributed by atoms with Crippen molar-refractivity contribution in [3.05, 3.63) is 109 Å². The van der Waals surface area contributed by atoms with Crippen molar-refractivity contribution >= 4 is 11.9 Å². The monoisotopic (exact) mass is 1070 g/mol. The van der Waals surface area contributed by atoms with Crippen LogP contribution in [-0.4, -0.2) is 36.4 Å². The topological polar surface area (TPSA) is 72.8 Å². The van der Waals surface area contributed by atoms with Crippen molar-refractivity contribution in [2.45, 2.75) is 322 Å². The molecule has 0 amide bonds. The summed E-state index contributed by atoms with van der Waals surface area (Å²) >= 11 is 0. The van der Waals surface area contributed by atoms with E-state index in [0.717, 1.165) is 83.5 Å². The first kappa shape index (κ1) is 73.6. The molecule has 77 heavy (non-hydrogen) atoms. The lowest BCUT2D eigenvalue weighted by atomic mass is 10.0. The summed E-state index contributed by atoms with van der Waals surface area (Å²) in [6.07, 6.45) is 96.9. The second kappa shape index (κ2) is 66.8. The quantitative estimate of drug-likeness (QED) is 0.0373. The molecule has 0 heterocycles. The average Bonchev–Trinajstić information content (AvgIpc) is 3.43. The lowest BCUT2D eigenvalue weighted by Crippen LogP contribution is -2.28. The summed E-state index contributed by atoms with van der Waals surface area (Å²) in [7, 11) is 0. The van der Waals surface area contributed by atoms with E-state index in [4.69, 9.17) is 9.47 Å². The predicted molar refractivity (Wildman–Crippen MR) is 339 cm³/mol. The Morgan fingerprint density at radius 3 is 0.831 bits per heavy atom. The van der Waals surface area contributed by atoms with Crippen LogP contribution in [0, 0.1) is 0 Å². The van der Waals surface area contributed by atoms with Crippen molar-refractivity contribution in [3.63, 3.8) is 0 Å². The van der Waals surface area contributed by atoms with Crippen LogP contribution < -0.4 is 0 Å². The van der Waals surface area contributed by atoms with E-state index in [2.05, 4.69) is 123 Å². The maximum Gasteiger partial charge on any atom is 0.306 e. The van der Waals surface area contributed by atoms with Gasteiger partial charge in [-0.15, -0.1) is 0 Å². The summed E-state index contributed by atoms with van der Waals surface area (Å²) in [6, 6.07) is 0. The van der Waals surface area contributed by atoms with Gasteiger partial charge in [0.15, 0.2) is 6.10 Å². The lowest BCUT2D eigenvalue weighted by molar-refractivity contribution is -0.161. The van der Waals surface area contributed by atoms with E-state index >= 15 is 0 Å². The number of rotatable bonds is 60. The number of carbonyl (C=O) groups is 2. The zero-order chi connectivity index (χ0) is 55.5. The number of allylic oxidation sites excluding steroid dienone is 18. The molecule has 0 rings (SSSR count). The highest BCUT2D eigenvalue weighted by Crippen LogP contribution is 2.18. The Labute approximate surface area is 478 Å². The van der Waals surface area contributed by atoms with Crippen molar-refractivity contribution in [2.24, 2.45) is 0 Å². The normalized spacial score (nSPS) is 12.9. The molecule has 0 aromatic carbocycles. The number of aliphatic hydroxyl groups is 1. The number of hydrogen-bond acceptors (Lipinski definition) is 5. The maximum absolute atomic E-state index is 12.3. The van der Waals surface area contributed by atoms with Crippen molar-refractivity contribution in [2.75, 3.05) is 13.2 Å². The largest absolute Gasteiger partial charge is 0.462 e. The summed E-state index contributed by atoms with van der Waals surface area (Å²) < 4.78 is 10.7. The highest BCUT2D eigenvalue weighted by Gasteiger charge is 2.16. The Morgan fingerprint density at radius 1 is 0.312 bits per heavy atom. The summed E-state index contributed by atoms with van der Waals surface area (Å²) in [4.78, 5) is 24.6. The van der Waals surface area contributed by atoms with Gasteiger partial charge in [-0.25, -0.2) is 0 Å². The molecule has 0 radical (unpaired) electrons. The molecule has 0 aliphatic rings. The molecule has 0 saturated heterocycles. The molecule has 0 aromatic heterocycles. The fourth-order valence-corrected chi connectivity index (χ4v) is 9.44. The second-order valence-corrected chi connectivity index (χ2v) is 21.8. The second-order valence-electron chi connectivity index (χ2n) is 21.8. The molecule has 0 bridgehead atoms. The molecule has 0 aliphatic heterocycles. The molecular formula is C72H124O5. The minimum absolute atomic E-state index is 0.0926. The molecule has 442 valence electrons. The van der Waals surface area contributed by atoms with Crippen molar-refractivity contribution in [1.82, 2.24) is 0 Å². The Bertz CT molecular complexity index is 1490. The van der Waals surface area contributed by atoms with Crippen LogP contribution in [-0.2, 0) is 19.1 Å². The van der Waals surface area contributed by atoms with E-state index in [1.807, 2.05) is 0 Å². The van der Waals surface area contributed by atoms with E-state index < -0.39 is 6.10 Å². The highest BCUT2D eigenvalue weighted by molar-refractivity contribution is 5.70. The van der Waals surface area contributed by atoms with Crippen LogP contribution in [0.3, 0.4) is 0 Å². The molecule has 1 atom stereocenters. The molecule has 0 fully saturated rings. The van der Waals surface area contributed by atoms with Gasteiger partial charge in [0, 0.05) is 12.8 Å². The van der Waals surface area contributed by atoms with E-state index in [9.17, 15) is 14.7 Å². The van der Waals surface area contributed by atoms with Gasteiger partial charge in [0.25, 0.3) is 0 Å². The summed E-state index contributed by atoms with van der Waals surface area (Å²) in [5.41, 5.74) is 0. The van der Waals surface area contributed by atoms with Crippen LogP contribution >= 0.6 is 0 Å². The van der Waals surface area contributed by atoms with E-state index in [1.165, 1.54) is 199 Å². The number of ether oxygens (including phenoxy) is 2. The number of esters is 2. The number of unbranched alkanes of at least 4 members (excludes halogenated alkanes) is 34. The van der Waals surface area contributed by atoms with Gasteiger partial charge in [-0.05, 0) is 77.0 Å². The third-order valence-corrected chi connectivity index (χ3v) is 14.3. The van der Waals surface area contributed by atoms with E-state index in [0.29, 0.717) is 12.8 Å². The molecule has 5 heteroatoms. The summed E-state index contributed by atoms with van der Waals surface area (Å²) in [5.74, 6) is -0.655. The number of carbonyl (C=O) groups excluding carboxylic acids is 2. The minimum atomic E-state index is -0.810. The van der Waals surface area contributed by atoms with Crippen LogP contribution in [0.25, 0.3) is 0 Å². The van der Waals surface area contributed by atoms with Crippen LogP contribution in [0.15, 0.2) is 109 Å². The van der Waals surface area contributed by atoms with Crippen molar-refractivity contribution in [3.8, 4) is 0 Å². The van der Waals surface area contributed by atoms with Gasteiger partial charge in [-0.2, -0.15) is 0 Å². The van der Waals surface area contributed by atoms with E-state index in [1.54, 1.807) is 0 Å². The lowest BCUT2D eigenvalue weighted by Gasteiger charge is -2.15. The molecule has 0 aromatic rings. The number of aliphatic hydroxyl groups excluding tert-OH is 1. The first-order chi connectivity index (χ1) is 38.1. The van der Waals surface area contributed by atoms with Gasteiger partial charge in [0.05, 0.1) is 6.61 Å². The van der Waals surface area contributed by atoms with Crippen molar-refractivity contribution in [1.29, 1.82) is 0 Å². The molecule has 0 aliphatic carbocycles. The van der Waals surface area contributed by atoms with Gasteiger partial charge in [0.1, 0.15) is 6.61 Å². The van der Waals surface area contributed by atoms with Crippen LogP contribution in [0.5, 0.6) is 0 Å². The predicted octanol–water partition coefficient (Wildman–Crippen LogP) is 22.8. The molecule has 5 nitrogen and oxygen atoms in total. The Morgan fingerprint density at radius 2 is 0.558 bits per heavy atom. The van der Waals surface area contributed by atoms with Crippen molar-refractivity contribution < 1.29 is 24.2 Å². The fourth-order valence-electron chi connectivity index (χ4n) is 9.44. The standard InChI is InChI=1S/C72H124O5/c1-3-5-7-9-11-13-15-17-19-21-23-25-27-29-31-33-34-35-36-37-39-40-42-44-46-48-50-52-54-56-58-60-62-64-66-71(74)76-69-70(68-73)77-72(75)67-65-63-61-59-57-55-53-51-49-47-45-43-41-38-32-30-28-26-24-22-20-18-16-14-12-10-8-6-4-2/h6,8,12,14,18,20,24,26,30,32,41,43,47,49,53,55,59,61,70,73H,3-5,7,9-11,13,15-17,19,21-23,25,27-29,31,33-40,42,44-46,48,50-52,54,56-58,60,62-69H2,1-2H3/b8-6-,14-12-,20-18-,26-24-,32-30-,43-41-,49-47-,55-53-,61-59-. The third kappa shape index (κ3) is 65.0. The first-order valence-electron chi connectivity index (χ1n) is 32.9. The van der Waals surface area contributed by atoms with Crippen LogP contribution in [0.1, 0.15) is 316 Å². The molecular weight excluding hydrogens is 945 g/mol. The SMILES string of the molecule is CC/C=C\C/C=C\C/C=C\C/C=C\C/C=C\C/C=C\C/C=C\C/C=C\C/C=C\CCCC(=O)OC(CO)COC(=O)CCCCCCCCCCCCCCCCCCCCCCCCCCCCCCCCCCCC. The van der Waals surface area contributed by atoms with Gasteiger partial charge in [0.2, 0.25) is 0 Å². The maximum atomic E-state index is 12.3. The summed E-state index contributed by atoms with van der Waals surface area (Å²) in [5, 5.41) is 9.67. The Kier molecular flexibility index (Phi) is 63.9. The van der Waals surface area contributed by atoms with Gasteiger partial charge >= 0.3 is 11.9 Å². The third-order valence-electron chi connectivity index (χ3n) is 14.3. The highest BCUT2D eigenvalue weighted by atomic mass is 16.6. The molecule has 1 unspecified atom stereocenters. The Hall–Kier alpha value is -3.44. The molecule has 0 spiro atoms. The zero-order valence-electron chi connectivity index (χ0n) is 50.7. The summed E-state index contributed by atoms with van der Waals surface area (Å²) in [6.45, 7) is 4.01. The van der Waals surface area contributed by atoms with Crippen LogP contribution in [0.2, 0.25) is 0 Å². The molecule has 0 saturated carbocycles. The van der Waals surface area contributed by atoms with Gasteiger partial charge in [-0.3, -0.25) is 9.59 Å². The van der Waals surface area contributed by atoms with Crippen LogP contribution in [0.4, 0.5) is 0 Å².